The Bertz CT molecular complexity index is 1740. The molecule has 42 heavy (non-hydrogen) atoms. The molecule has 2 aliphatic rings. The summed E-state index contributed by atoms with van der Waals surface area (Å²) in [6, 6.07) is 17.5. The van der Waals surface area contributed by atoms with Gasteiger partial charge in [0.15, 0.2) is 0 Å². The molecule has 0 radical (unpaired) electrons. The topological polar surface area (TPSA) is 85.8 Å². The Kier molecular flexibility index (Phi) is 7.27. The summed E-state index contributed by atoms with van der Waals surface area (Å²) in [7, 11) is 0. The predicted molar refractivity (Wildman–Crippen MR) is 164 cm³/mol. The lowest BCUT2D eigenvalue weighted by Gasteiger charge is -2.25. The van der Waals surface area contributed by atoms with Crippen molar-refractivity contribution in [2.45, 2.75) is 38.8 Å². The third-order valence-electron chi connectivity index (χ3n) is 7.84. The second-order valence-electron chi connectivity index (χ2n) is 10.7. The summed E-state index contributed by atoms with van der Waals surface area (Å²) in [6.07, 6.45) is 6.45. The van der Waals surface area contributed by atoms with Gasteiger partial charge in [-0.3, -0.25) is 9.59 Å². The van der Waals surface area contributed by atoms with Crippen molar-refractivity contribution in [2.75, 3.05) is 28.2 Å². The highest BCUT2D eigenvalue weighted by Crippen LogP contribution is 2.42. The molecule has 212 valence electrons. The third kappa shape index (κ3) is 5.04. The number of nitrogens with one attached hydrogen (secondary N) is 1. The molecule has 0 bridgehead atoms. The van der Waals surface area contributed by atoms with E-state index in [1.807, 2.05) is 48.2 Å². The molecule has 2 amide bonds. The summed E-state index contributed by atoms with van der Waals surface area (Å²) in [5.74, 6) is 2.17. The number of rotatable bonds is 4. The molecule has 2 aromatic carbocycles. The van der Waals surface area contributed by atoms with Crippen molar-refractivity contribution in [1.29, 1.82) is 0 Å². The van der Waals surface area contributed by atoms with Crippen LogP contribution in [0.5, 0.6) is 0 Å². The highest BCUT2D eigenvalue weighted by molar-refractivity contribution is 7.17. The zero-order valence-electron chi connectivity index (χ0n) is 23.2. The molecule has 0 spiro atoms. The zero-order chi connectivity index (χ0) is 29.5. The number of aromatic nitrogens is 1. The van der Waals surface area contributed by atoms with Gasteiger partial charge in [-0.25, -0.2) is 9.37 Å². The second-order valence-corrected chi connectivity index (χ2v) is 11.8. The third-order valence-corrected chi connectivity index (χ3v) is 9.05. The van der Waals surface area contributed by atoms with Gasteiger partial charge in [-0.05, 0) is 74.2 Å². The SMILES string of the molecule is C#Cc1ccc2c(c1)N(C(=O)c1cccc(N3C[C@@H](O)C[C@@H]3C)n1)CCc1cc(C(=O)Nc3c(C)cccc3F)sc1-2. The van der Waals surface area contributed by atoms with Crippen molar-refractivity contribution in [3.63, 3.8) is 0 Å². The second kappa shape index (κ2) is 11.0. The Morgan fingerprint density at radius 2 is 1.98 bits per heavy atom. The number of nitrogens with zero attached hydrogens (tertiary/aromatic N) is 3. The van der Waals surface area contributed by atoms with Crippen LogP contribution in [0.25, 0.3) is 10.4 Å². The lowest BCUT2D eigenvalue weighted by atomic mass is 10.0. The summed E-state index contributed by atoms with van der Waals surface area (Å²) in [5.41, 5.74) is 4.07. The molecule has 7 nitrogen and oxygen atoms in total. The van der Waals surface area contributed by atoms with E-state index < -0.39 is 17.8 Å². The Morgan fingerprint density at radius 3 is 2.71 bits per heavy atom. The Balaban J connectivity index is 1.34. The number of terminal acetylenes is 1. The standard InChI is InChI=1S/C33H29FN4O3S/c1-4-21-11-12-24-27(16-21)37(33(41)26-9-6-10-29(35-26)38-18-23(39)15-20(38)3)14-13-22-17-28(42-31(22)24)32(40)36-30-19(2)7-5-8-25(30)34/h1,5-12,16-17,20,23,39H,13-15,18H2,2-3H3,(H,36,40)/t20-,23-/m0/s1. The minimum atomic E-state index is -0.490. The number of carbonyl (C=O) groups is 2. The lowest BCUT2D eigenvalue weighted by Crippen LogP contribution is -2.34. The average Bonchev–Trinajstić information content (AvgIpc) is 3.53. The molecule has 0 aliphatic carbocycles. The van der Waals surface area contributed by atoms with Crippen molar-refractivity contribution in [1.82, 2.24) is 4.98 Å². The number of anilines is 3. The quantitative estimate of drug-likeness (QED) is 0.305. The number of hydrogen-bond acceptors (Lipinski definition) is 6. The van der Waals surface area contributed by atoms with Gasteiger partial charge in [0.2, 0.25) is 0 Å². The van der Waals surface area contributed by atoms with Gasteiger partial charge in [-0.1, -0.05) is 30.2 Å². The maximum atomic E-state index is 14.4. The molecule has 2 aromatic heterocycles. The van der Waals surface area contributed by atoms with Crippen LogP contribution in [-0.4, -0.2) is 47.1 Å². The minimum absolute atomic E-state index is 0.111. The molecule has 2 N–H and O–H groups in total. The van der Waals surface area contributed by atoms with E-state index >= 15 is 0 Å². The number of aryl methyl sites for hydroxylation is 1. The maximum absolute atomic E-state index is 14.4. The van der Waals surface area contributed by atoms with Crippen LogP contribution in [0.1, 0.15) is 50.2 Å². The number of β-amino-alcohol motifs (C(OH)–C–C–N with tert-alkyl or cyclic N) is 1. The largest absolute Gasteiger partial charge is 0.391 e. The first-order valence-corrected chi connectivity index (χ1v) is 14.6. The molecule has 9 heteroatoms. The number of pyridine rings is 1. The van der Waals surface area contributed by atoms with Crippen LogP contribution >= 0.6 is 11.3 Å². The van der Waals surface area contributed by atoms with E-state index in [-0.39, 0.29) is 17.6 Å². The Labute approximate surface area is 247 Å². The fourth-order valence-corrected chi connectivity index (χ4v) is 6.82. The fourth-order valence-electron chi connectivity index (χ4n) is 5.68. The highest BCUT2D eigenvalue weighted by Gasteiger charge is 2.31. The van der Waals surface area contributed by atoms with Crippen molar-refractivity contribution in [3.8, 4) is 22.8 Å². The van der Waals surface area contributed by atoms with Crippen molar-refractivity contribution >= 4 is 40.3 Å². The van der Waals surface area contributed by atoms with Crippen LogP contribution in [0.3, 0.4) is 0 Å². The van der Waals surface area contributed by atoms with E-state index in [1.165, 1.54) is 17.4 Å². The van der Waals surface area contributed by atoms with Crippen LogP contribution < -0.4 is 15.1 Å². The van der Waals surface area contributed by atoms with Gasteiger partial charge in [-0.15, -0.1) is 17.8 Å². The van der Waals surface area contributed by atoms with Gasteiger partial charge in [0.25, 0.3) is 11.8 Å². The number of benzene rings is 2. The Morgan fingerprint density at radius 1 is 1.17 bits per heavy atom. The molecule has 4 heterocycles. The van der Waals surface area contributed by atoms with E-state index in [2.05, 4.69) is 11.2 Å². The van der Waals surface area contributed by atoms with Gasteiger partial charge < -0.3 is 20.2 Å². The van der Waals surface area contributed by atoms with Crippen molar-refractivity contribution in [2.24, 2.45) is 0 Å². The molecule has 0 saturated carbocycles. The molecule has 4 aromatic rings. The summed E-state index contributed by atoms with van der Waals surface area (Å²) in [6.45, 7) is 4.59. The van der Waals surface area contributed by atoms with Crippen molar-refractivity contribution in [3.05, 3.63) is 93.7 Å². The van der Waals surface area contributed by atoms with E-state index in [0.29, 0.717) is 59.1 Å². The van der Waals surface area contributed by atoms with Crippen molar-refractivity contribution < 1.29 is 19.1 Å². The number of fused-ring (bicyclic) bond motifs is 3. The number of para-hydroxylation sites is 1. The number of halogens is 1. The van der Waals surface area contributed by atoms with Gasteiger partial charge in [0.05, 0.1) is 22.4 Å². The normalized spacial score (nSPS) is 17.7. The predicted octanol–water partition coefficient (Wildman–Crippen LogP) is 5.65. The molecular weight excluding hydrogens is 551 g/mol. The molecule has 0 unspecified atom stereocenters. The van der Waals surface area contributed by atoms with Gasteiger partial charge >= 0.3 is 0 Å². The first-order valence-electron chi connectivity index (χ1n) is 13.8. The first kappa shape index (κ1) is 27.6. The number of carbonyl (C=O) groups excluding carboxylic acids is 2. The number of aliphatic hydroxyl groups excluding tert-OH is 1. The molecule has 2 aliphatic heterocycles. The zero-order valence-corrected chi connectivity index (χ0v) is 24.0. The smallest absolute Gasteiger partial charge is 0.276 e. The molecular formula is C33H29FN4O3S. The fraction of sp³-hybridized carbons (Fsp3) is 0.242. The van der Waals surface area contributed by atoms with E-state index in [0.717, 1.165) is 16.0 Å². The lowest BCUT2D eigenvalue weighted by molar-refractivity contribution is 0.0981. The van der Waals surface area contributed by atoms with Crippen LogP contribution in [0.4, 0.5) is 21.6 Å². The van der Waals surface area contributed by atoms with Gasteiger partial charge in [0, 0.05) is 35.1 Å². The van der Waals surface area contributed by atoms with E-state index in [4.69, 9.17) is 11.4 Å². The van der Waals surface area contributed by atoms with Crippen LogP contribution in [0.15, 0.2) is 60.7 Å². The minimum Gasteiger partial charge on any atom is -0.391 e. The monoisotopic (exact) mass is 580 g/mol. The van der Waals surface area contributed by atoms with E-state index in [1.54, 1.807) is 30.0 Å². The van der Waals surface area contributed by atoms with Gasteiger partial charge in [-0.2, -0.15) is 0 Å². The van der Waals surface area contributed by atoms with E-state index in [9.17, 15) is 19.1 Å². The summed E-state index contributed by atoms with van der Waals surface area (Å²) in [5, 5.41) is 12.8. The number of amides is 2. The highest BCUT2D eigenvalue weighted by atomic mass is 32.1. The van der Waals surface area contributed by atoms with Gasteiger partial charge in [0.1, 0.15) is 17.3 Å². The molecule has 1 saturated heterocycles. The number of aliphatic hydroxyl groups is 1. The maximum Gasteiger partial charge on any atom is 0.276 e. The summed E-state index contributed by atoms with van der Waals surface area (Å²) < 4.78 is 14.4. The first-order chi connectivity index (χ1) is 20.2. The van der Waals surface area contributed by atoms with Crippen LogP contribution in [0.2, 0.25) is 0 Å². The molecule has 1 fully saturated rings. The van der Waals surface area contributed by atoms with Crippen LogP contribution in [0, 0.1) is 25.1 Å². The van der Waals surface area contributed by atoms with Crippen LogP contribution in [-0.2, 0) is 6.42 Å². The molecule has 6 rings (SSSR count). The number of thiophene rings is 1. The Hall–Kier alpha value is -4.52. The molecule has 2 atom stereocenters. The average molecular weight is 581 g/mol. The number of hydrogen-bond donors (Lipinski definition) is 2. The summed E-state index contributed by atoms with van der Waals surface area (Å²) in [4.78, 5) is 36.9. The summed E-state index contributed by atoms with van der Waals surface area (Å²) >= 11 is 1.30.